The maximum absolute atomic E-state index is 11.0. The van der Waals surface area contributed by atoms with Crippen LogP contribution < -0.4 is 5.14 Å². The molecule has 2 N–H and O–H groups in total. The third-order valence-corrected chi connectivity index (χ3v) is 3.79. The quantitative estimate of drug-likeness (QED) is 0.747. The van der Waals surface area contributed by atoms with E-state index in [-0.39, 0.29) is 23.7 Å². The zero-order valence-corrected chi connectivity index (χ0v) is 11.8. The Morgan fingerprint density at radius 2 is 1.56 bits per heavy atom. The lowest BCUT2D eigenvalue weighted by Gasteiger charge is -2.23. The molecule has 0 aromatic carbocycles. The molecule has 0 radical (unpaired) electrons. The van der Waals surface area contributed by atoms with E-state index in [0.717, 1.165) is 0 Å². The third-order valence-electron chi connectivity index (χ3n) is 2.90. The lowest BCUT2D eigenvalue weighted by atomic mass is 9.99. The van der Waals surface area contributed by atoms with Crippen molar-refractivity contribution in [2.24, 2.45) is 22.9 Å². The van der Waals surface area contributed by atoms with Crippen LogP contribution in [0.3, 0.4) is 0 Å². The molecule has 4 nitrogen and oxygen atoms in total. The normalized spacial score (nSPS) is 16.8. The molecule has 2 unspecified atom stereocenters. The molecular formula is C11H25NO3S. The Hall–Kier alpha value is -0.130. The van der Waals surface area contributed by atoms with E-state index in [1.54, 1.807) is 0 Å². The van der Waals surface area contributed by atoms with Crippen LogP contribution in [0.4, 0.5) is 0 Å². The molecule has 0 amide bonds. The molecule has 2 atom stereocenters. The maximum atomic E-state index is 11.0. The second kappa shape index (κ2) is 6.57. The molecule has 0 aliphatic rings. The van der Waals surface area contributed by atoms with Crippen molar-refractivity contribution in [3.63, 3.8) is 0 Å². The molecule has 5 heteroatoms. The first-order valence-electron chi connectivity index (χ1n) is 5.75. The summed E-state index contributed by atoms with van der Waals surface area (Å²) in [6, 6.07) is 0. The standard InChI is InChI=1S/C11H25NO3S/c1-8(2)10(5)15-6-11(9(3)4)7-16(12,13)14/h8-11H,6-7H2,1-5H3,(H2,12,13,14). The van der Waals surface area contributed by atoms with E-state index in [1.807, 2.05) is 20.8 Å². The van der Waals surface area contributed by atoms with Crippen molar-refractivity contribution in [2.75, 3.05) is 12.4 Å². The van der Waals surface area contributed by atoms with Crippen LogP contribution in [0.5, 0.6) is 0 Å². The molecular weight excluding hydrogens is 226 g/mol. The summed E-state index contributed by atoms with van der Waals surface area (Å²) < 4.78 is 27.7. The Kier molecular flexibility index (Phi) is 6.51. The number of rotatable bonds is 7. The largest absolute Gasteiger partial charge is 0.378 e. The topological polar surface area (TPSA) is 69.4 Å². The van der Waals surface area contributed by atoms with E-state index in [9.17, 15) is 8.42 Å². The second-order valence-electron chi connectivity index (χ2n) is 5.12. The molecule has 0 aliphatic carbocycles. The van der Waals surface area contributed by atoms with Gasteiger partial charge >= 0.3 is 0 Å². The number of hydrogen-bond donors (Lipinski definition) is 1. The van der Waals surface area contributed by atoms with Crippen LogP contribution in [0.15, 0.2) is 0 Å². The number of nitrogens with two attached hydrogens (primary N) is 1. The summed E-state index contributed by atoms with van der Waals surface area (Å²) in [5, 5.41) is 5.06. The minimum absolute atomic E-state index is 0.00448. The van der Waals surface area contributed by atoms with Crippen molar-refractivity contribution in [3.8, 4) is 0 Å². The molecule has 0 bridgehead atoms. The van der Waals surface area contributed by atoms with Gasteiger partial charge in [-0.3, -0.25) is 0 Å². The highest BCUT2D eigenvalue weighted by Crippen LogP contribution is 2.15. The maximum Gasteiger partial charge on any atom is 0.209 e. The predicted molar refractivity (Wildman–Crippen MR) is 66.6 cm³/mol. The molecule has 0 rings (SSSR count). The fourth-order valence-electron chi connectivity index (χ4n) is 1.20. The van der Waals surface area contributed by atoms with Crippen LogP contribution in [0.2, 0.25) is 0 Å². The summed E-state index contributed by atoms with van der Waals surface area (Å²) in [6.45, 7) is 10.6. The Bertz CT molecular complexity index is 286. The van der Waals surface area contributed by atoms with Gasteiger partial charge in [-0.25, -0.2) is 13.6 Å². The number of ether oxygens (including phenoxy) is 1. The van der Waals surface area contributed by atoms with Gasteiger partial charge in [-0.1, -0.05) is 27.7 Å². The number of primary sulfonamides is 1. The van der Waals surface area contributed by atoms with E-state index >= 15 is 0 Å². The molecule has 98 valence electrons. The first kappa shape index (κ1) is 15.9. The van der Waals surface area contributed by atoms with Gasteiger partial charge < -0.3 is 4.74 Å². The minimum atomic E-state index is -3.42. The van der Waals surface area contributed by atoms with Crippen LogP contribution >= 0.6 is 0 Å². The predicted octanol–water partition coefficient (Wildman–Crippen LogP) is 1.61. The van der Waals surface area contributed by atoms with Crippen molar-refractivity contribution in [1.29, 1.82) is 0 Å². The summed E-state index contributed by atoms with van der Waals surface area (Å²) in [5.74, 6) is 0.645. The van der Waals surface area contributed by atoms with Crippen LogP contribution in [0, 0.1) is 17.8 Å². The minimum Gasteiger partial charge on any atom is -0.378 e. The molecule has 0 saturated heterocycles. The smallest absolute Gasteiger partial charge is 0.209 e. The lowest BCUT2D eigenvalue weighted by molar-refractivity contribution is 0.00933. The Balaban J connectivity index is 4.26. The van der Waals surface area contributed by atoms with Crippen LogP contribution in [-0.2, 0) is 14.8 Å². The van der Waals surface area contributed by atoms with E-state index in [4.69, 9.17) is 9.88 Å². The second-order valence-corrected chi connectivity index (χ2v) is 6.78. The van der Waals surface area contributed by atoms with Gasteiger partial charge in [-0.15, -0.1) is 0 Å². The Morgan fingerprint density at radius 1 is 1.06 bits per heavy atom. The molecule has 0 spiro atoms. The summed E-state index contributed by atoms with van der Waals surface area (Å²) in [4.78, 5) is 0. The summed E-state index contributed by atoms with van der Waals surface area (Å²) in [7, 11) is -3.42. The average molecular weight is 251 g/mol. The van der Waals surface area contributed by atoms with Crippen molar-refractivity contribution < 1.29 is 13.2 Å². The average Bonchev–Trinajstić information content (AvgIpc) is 2.09. The first-order chi connectivity index (χ1) is 7.13. The Morgan fingerprint density at radius 3 is 1.88 bits per heavy atom. The summed E-state index contributed by atoms with van der Waals surface area (Å²) in [6.07, 6.45) is 0.140. The van der Waals surface area contributed by atoms with Crippen LogP contribution in [0.1, 0.15) is 34.6 Å². The number of hydrogen-bond acceptors (Lipinski definition) is 3. The van der Waals surface area contributed by atoms with Crippen LogP contribution in [0.25, 0.3) is 0 Å². The van der Waals surface area contributed by atoms with Crippen molar-refractivity contribution in [1.82, 2.24) is 0 Å². The molecule has 0 heterocycles. The molecule has 0 aromatic heterocycles. The van der Waals surface area contributed by atoms with Gasteiger partial charge in [0.25, 0.3) is 0 Å². The monoisotopic (exact) mass is 251 g/mol. The van der Waals surface area contributed by atoms with Gasteiger partial charge in [0.15, 0.2) is 0 Å². The first-order valence-corrected chi connectivity index (χ1v) is 7.47. The van der Waals surface area contributed by atoms with Gasteiger partial charge in [0, 0.05) is 0 Å². The van der Waals surface area contributed by atoms with E-state index in [1.165, 1.54) is 0 Å². The van der Waals surface area contributed by atoms with Crippen molar-refractivity contribution in [2.45, 2.75) is 40.7 Å². The lowest BCUT2D eigenvalue weighted by Crippen LogP contribution is -2.31. The summed E-state index contributed by atoms with van der Waals surface area (Å²) in [5.41, 5.74) is 0. The zero-order chi connectivity index (χ0) is 12.9. The van der Waals surface area contributed by atoms with Crippen molar-refractivity contribution >= 4 is 10.0 Å². The molecule has 0 fully saturated rings. The SMILES string of the molecule is CC(C)C(COC(C)C(C)C)CS(N)(=O)=O. The van der Waals surface area contributed by atoms with Crippen molar-refractivity contribution in [3.05, 3.63) is 0 Å². The highest BCUT2D eigenvalue weighted by atomic mass is 32.2. The van der Waals surface area contributed by atoms with Gasteiger partial charge in [-0.05, 0) is 24.7 Å². The summed E-state index contributed by atoms with van der Waals surface area (Å²) >= 11 is 0. The van der Waals surface area contributed by atoms with E-state index in [0.29, 0.717) is 12.5 Å². The van der Waals surface area contributed by atoms with E-state index < -0.39 is 10.0 Å². The van der Waals surface area contributed by atoms with Gasteiger partial charge in [0.2, 0.25) is 10.0 Å². The molecule has 0 aromatic rings. The number of sulfonamides is 1. The van der Waals surface area contributed by atoms with Gasteiger partial charge in [-0.2, -0.15) is 0 Å². The highest BCUT2D eigenvalue weighted by Gasteiger charge is 2.21. The fraction of sp³-hybridized carbons (Fsp3) is 1.00. The van der Waals surface area contributed by atoms with Gasteiger partial charge in [0.05, 0.1) is 18.5 Å². The third kappa shape index (κ3) is 7.19. The van der Waals surface area contributed by atoms with E-state index in [2.05, 4.69) is 13.8 Å². The molecule has 0 saturated carbocycles. The van der Waals surface area contributed by atoms with Gasteiger partial charge in [0.1, 0.15) is 0 Å². The fourth-order valence-corrected chi connectivity index (χ4v) is 2.28. The van der Waals surface area contributed by atoms with Crippen LogP contribution in [-0.4, -0.2) is 26.9 Å². The molecule has 16 heavy (non-hydrogen) atoms. The Labute approximate surface area is 99.6 Å². The molecule has 0 aliphatic heterocycles. The highest BCUT2D eigenvalue weighted by molar-refractivity contribution is 7.89. The zero-order valence-electron chi connectivity index (χ0n) is 10.9.